The van der Waals surface area contributed by atoms with Crippen LogP contribution >= 0.6 is 0 Å². The lowest BCUT2D eigenvalue weighted by Gasteiger charge is -2.54. The van der Waals surface area contributed by atoms with Crippen LogP contribution in [0.25, 0.3) is 0 Å². The topological polar surface area (TPSA) is 27.7 Å². The van der Waals surface area contributed by atoms with Crippen LogP contribution in [-0.4, -0.2) is 32.2 Å². The molecule has 5 rings (SSSR count). The van der Waals surface area contributed by atoms with Crippen LogP contribution in [0.3, 0.4) is 0 Å². The van der Waals surface area contributed by atoms with Gasteiger partial charge >= 0.3 is 0 Å². The second-order valence-electron chi connectivity index (χ2n) is 9.14. The Balaban J connectivity index is 1.47. The molecular weight excluding hydrogens is 312 g/mol. The maximum Gasteiger partial charge on any atom is 0.172 e. The molecule has 0 aromatic carbocycles. The quantitative estimate of drug-likeness (QED) is 0.686. The van der Waals surface area contributed by atoms with Crippen molar-refractivity contribution in [2.45, 2.75) is 76.6 Å². The summed E-state index contributed by atoms with van der Waals surface area (Å²) in [4.78, 5) is 0. The number of hydrogen-bond donors (Lipinski definition) is 0. The molecule has 0 aromatic rings. The lowest BCUT2D eigenvalue weighted by atomic mass is 9.52. The van der Waals surface area contributed by atoms with Crippen molar-refractivity contribution in [3.05, 3.63) is 22.8 Å². The Morgan fingerprint density at radius 2 is 1.96 bits per heavy atom. The molecule has 1 aliphatic heterocycles. The first-order valence-corrected chi connectivity index (χ1v) is 10.4. The molecule has 3 heteroatoms. The highest BCUT2D eigenvalue weighted by Crippen LogP contribution is 2.59. The first-order valence-electron chi connectivity index (χ1n) is 10.4. The van der Waals surface area contributed by atoms with Gasteiger partial charge in [0.15, 0.2) is 5.79 Å². The highest BCUT2D eigenvalue weighted by Gasteiger charge is 2.52. The van der Waals surface area contributed by atoms with E-state index >= 15 is 0 Å². The Kier molecular flexibility index (Phi) is 3.92. The van der Waals surface area contributed by atoms with Crippen molar-refractivity contribution in [2.75, 3.05) is 20.3 Å². The lowest BCUT2D eigenvalue weighted by molar-refractivity contribution is -0.164. The first kappa shape index (κ1) is 16.5. The van der Waals surface area contributed by atoms with Crippen LogP contribution in [0, 0.1) is 17.3 Å². The normalized spacial score (nSPS) is 42.6. The monoisotopic (exact) mass is 344 g/mol. The number of methoxy groups -OCH3 is 1. The molecule has 0 aromatic heterocycles. The fourth-order valence-corrected chi connectivity index (χ4v) is 6.83. The maximum atomic E-state index is 6.00. The lowest BCUT2D eigenvalue weighted by Crippen LogP contribution is -2.49. The van der Waals surface area contributed by atoms with E-state index in [9.17, 15) is 0 Å². The van der Waals surface area contributed by atoms with E-state index in [4.69, 9.17) is 14.2 Å². The number of rotatable bonds is 1. The van der Waals surface area contributed by atoms with Crippen molar-refractivity contribution in [1.82, 2.24) is 0 Å². The van der Waals surface area contributed by atoms with E-state index in [-0.39, 0.29) is 5.79 Å². The summed E-state index contributed by atoms with van der Waals surface area (Å²) in [6.07, 6.45) is 13.9. The van der Waals surface area contributed by atoms with Gasteiger partial charge in [-0.25, -0.2) is 0 Å². The Hall–Kier alpha value is -0.640. The summed E-state index contributed by atoms with van der Waals surface area (Å²) in [5, 5.41) is 0. The molecule has 0 bridgehead atoms. The molecular formula is C22H32O3. The zero-order valence-corrected chi connectivity index (χ0v) is 15.8. The van der Waals surface area contributed by atoms with Crippen LogP contribution in [0.15, 0.2) is 22.8 Å². The summed E-state index contributed by atoms with van der Waals surface area (Å²) in [5.41, 5.74) is 5.36. The predicted molar refractivity (Wildman–Crippen MR) is 97.2 cm³/mol. The fraction of sp³-hybridized carbons (Fsp3) is 0.818. The molecule has 3 nitrogen and oxygen atoms in total. The van der Waals surface area contributed by atoms with Crippen LogP contribution in [0.5, 0.6) is 0 Å². The summed E-state index contributed by atoms with van der Waals surface area (Å²) >= 11 is 0. The van der Waals surface area contributed by atoms with Gasteiger partial charge in [-0.05, 0) is 61.5 Å². The minimum absolute atomic E-state index is 0.276. The molecule has 0 N–H and O–H groups in total. The van der Waals surface area contributed by atoms with Crippen molar-refractivity contribution < 1.29 is 14.2 Å². The third kappa shape index (κ3) is 2.42. The van der Waals surface area contributed by atoms with Crippen molar-refractivity contribution in [3.63, 3.8) is 0 Å². The van der Waals surface area contributed by atoms with E-state index in [1.807, 2.05) is 7.11 Å². The van der Waals surface area contributed by atoms with Gasteiger partial charge in [0.1, 0.15) is 0 Å². The summed E-state index contributed by atoms with van der Waals surface area (Å²) in [7, 11) is 1.92. The van der Waals surface area contributed by atoms with Gasteiger partial charge in [-0.2, -0.15) is 0 Å². The van der Waals surface area contributed by atoms with Gasteiger partial charge < -0.3 is 14.2 Å². The Labute approximate surface area is 151 Å². The van der Waals surface area contributed by atoms with Crippen LogP contribution in [0.2, 0.25) is 0 Å². The van der Waals surface area contributed by atoms with E-state index < -0.39 is 0 Å². The largest absolute Gasteiger partial charge is 0.381 e. The minimum Gasteiger partial charge on any atom is -0.381 e. The predicted octanol–water partition coefficient (Wildman–Crippen LogP) is 4.77. The highest BCUT2D eigenvalue weighted by atomic mass is 16.7. The number of fused-ring (bicyclic) bond motifs is 4. The van der Waals surface area contributed by atoms with E-state index in [0.29, 0.717) is 11.5 Å². The van der Waals surface area contributed by atoms with Crippen LogP contribution in [0.4, 0.5) is 0 Å². The van der Waals surface area contributed by atoms with Gasteiger partial charge in [-0.3, -0.25) is 0 Å². The number of allylic oxidation sites excluding steroid dienone is 3. The summed E-state index contributed by atoms with van der Waals surface area (Å²) in [6, 6.07) is 0. The smallest absolute Gasteiger partial charge is 0.172 e. The molecule has 5 aliphatic rings. The molecule has 1 spiro atoms. The Bertz CT molecular complexity index is 613. The van der Waals surface area contributed by atoms with Gasteiger partial charge in [-0.1, -0.05) is 25.0 Å². The molecule has 1 saturated heterocycles. The molecule has 0 amide bonds. The van der Waals surface area contributed by atoms with Crippen LogP contribution < -0.4 is 0 Å². The van der Waals surface area contributed by atoms with E-state index in [1.165, 1.54) is 38.5 Å². The molecule has 1 heterocycles. The van der Waals surface area contributed by atoms with Crippen molar-refractivity contribution in [1.29, 1.82) is 0 Å². The summed E-state index contributed by atoms with van der Waals surface area (Å²) in [5.74, 6) is 1.28. The zero-order valence-electron chi connectivity index (χ0n) is 15.8. The average molecular weight is 344 g/mol. The molecule has 2 fully saturated rings. The van der Waals surface area contributed by atoms with Gasteiger partial charge in [0.05, 0.1) is 19.3 Å². The number of ether oxygens (including phenoxy) is 3. The zero-order chi connectivity index (χ0) is 17.1. The van der Waals surface area contributed by atoms with Crippen LogP contribution in [0.1, 0.15) is 64.7 Å². The van der Waals surface area contributed by atoms with E-state index in [2.05, 4.69) is 13.0 Å². The van der Waals surface area contributed by atoms with Gasteiger partial charge in [0.2, 0.25) is 0 Å². The molecule has 138 valence electrons. The summed E-state index contributed by atoms with van der Waals surface area (Å²) in [6.45, 7) is 4.04. The minimum atomic E-state index is -0.276. The maximum absolute atomic E-state index is 6.00. The second-order valence-corrected chi connectivity index (χ2v) is 9.14. The second kappa shape index (κ2) is 5.94. The third-order valence-corrected chi connectivity index (χ3v) is 8.08. The molecule has 1 saturated carbocycles. The van der Waals surface area contributed by atoms with E-state index in [1.54, 1.807) is 16.7 Å². The molecule has 4 unspecified atom stereocenters. The van der Waals surface area contributed by atoms with Crippen molar-refractivity contribution >= 4 is 0 Å². The Morgan fingerprint density at radius 1 is 1.12 bits per heavy atom. The molecule has 4 atom stereocenters. The highest BCUT2D eigenvalue weighted by molar-refractivity contribution is 5.44. The fourth-order valence-electron chi connectivity index (χ4n) is 6.83. The third-order valence-electron chi connectivity index (χ3n) is 8.08. The molecule has 0 radical (unpaired) electrons. The number of hydrogen-bond acceptors (Lipinski definition) is 3. The SMILES string of the molecule is COC1CCCC2C3CCC4=C(CCC5(C4)OCCO5)C3=CCC12C. The molecule has 4 aliphatic carbocycles. The molecule has 25 heavy (non-hydrogen) atoms. The van der Waals surface area contributed by atoms with E-state index in [0.717, 1.165) is 44.3 Å². The van der Waals surface area contributed by atoms with Gasteiger partial charge in [0, 0.05) is 25.4 Å². The first-order chi connectivity index (χ1) is 12.2. The summed E-state index contributed by atoms with van der Waals surface area (Å²) < 4.78 is 17.9. The Morgan fingerprint density at radius 3 is 2.76 bits per heavy atom. The van der Waals surface area contributed by atoms with Crippen molar-refractivity contribution in [3.8, 4) is 0 Å². The average Bonchev–Trinajstić information content (AvgIpc) is 3.07. The standard InChI is InChI=1S/C22H32O3/c1-21-10-8-17-16-9-11-22(24-12-13-25-22)14-15(16)6-7-18(17)19(21)4-3-5-20(21)23-2/h8,18-20H,3-7,9-14H2,1-2H3. The van der Waals surface area contributed by atoms with Gasteiger partial charge in [0.25, 0.3) is 0 Å². The van der Waals surface area contributed by atoms with Crippen molar-refractivity contribution in [2.24, 2.45) is 17.3 Å². The van der Waals surface area contributed by atoms with Crippen LogP contribution in [-0.2, 0) is 14.2 Å². The van der Waals surface area contributed by atoms with Gasteiger partial charge in [-0.15, -0.1) is 0 Å².